The number of azide groups is 2. The van der Waals surface area contributed by atoms with Gasteiger partial charge in [-0.25, -0.2) is 0 Å². The number of rotatable bonds is 8. The fraction of sp³-hybridized carbons (Fsp3) is 1.00. The van der Waals surface area contributed by atoms with E-state index in [4.69, 9.17) is 28.9 Å². The van der Waals surface area contributed by atoms with Crippen molar-refractivity contribution in [3.8, 4) is 0 Å². The van der Waals surface area contributed by atoms with Gasteiger partial charge < -0.3 is 9.47 Å². The molecule has 0 radical (unpaired) electrons. The Labute approximate surface area is 143 Å². The van der Waals surface area contributed by atoms with Crippen LogP contribution in [-0.4, -0.2) is 73.6 Å². The molecule has 25 heavy (non-hydrogen) atoms. The molecule has 0 spiro atoms. The first-order valence-electron chi connectivity index (χ1n) is 6.52. The molecular formula is C9H16N6O8S2. The summed E-state index contributed by atoms with van der Waals surface area (Å²) in [6.45, 7) is -0.352. The summed E-state index contributed by atoms with van der Waals surface area (Å²) in [5.41, 5.74) is 17.2. The summed E-state index contributed by atoms with van der Waals surface area (Å²) >= 11 is 0. The average molecular weight is 400 g/mol. The van der Waals surface area contributed by atoms with E-state index in [1.54, 1.807) is 0 Å². The van der Waals surface area contributed by atoms with Gasteiger partial charge >= 0.3 is 0 Å². The van der Waals surface area contributed by atoms with Gasteiger partial charge in [-0.05, 0) is 11.1 Å². The Hall–Kier alpha value is -1.64. The minimum Gasteiger partial charge on any atom is -0.353 e. The molecule has 5 atom stereocenters. The summed E-state index contributed by atoms with van der Waals surface area (Å²) in [5.74, 6) is 0. The summed E-state index contributed by atoms with van der Waals surface area (Å²) in [4.78, 5) is 5.11. The van der Waals surface area contributed by atoms with Crippen molar-refractivity contribution in [2.24, 2.45) is 10.2 Å². The van der Waals surface area contributed by atoms with E-state index < -0.39 is 50.9 Å². The zero-order valence-corrected chi connectivity index (χ0v) is 15.0. The van der Waals surface area contributed by atoms with Crippen molar-refractivity contribution < 1.29 is 34.7 Å². The largest absolute Gasteiger partial charge is 0.353 e. The van der Waals surface area contributed by atoms with Crippen molar-refractivity contribution in [3.63, 3.8) is 0 Å². The van der Waals surface area contributed by atoms with Crippen LogP contribution in [0.3, 0.4) is 0 Å². The van der Waals surface area contributed by atoms with E-state index in [-0.39, 0.29) is 6.54 Å². The number of hydrogen-bond donors (Lipinski definition) is 0. The van der Waals surface area contributed by atoms with Crippen molar-refractivity contribution in [3.05, 3.63) is 20.9 Å². The Kier molecular flexibility index (Phi) is 7.40. The van der Waals surface area contributed by atoms with Gasteiger partial charge in [0.25, 0.3) is 20.2 Å². The van der Waals surface area contributed by atoms with Crippen LogP contribution in [0.2, 0.25) is 0 Å². The van der Waals surface area contributed by atoms with Gasteiger partial charge in [-0.2, -0.15) is 16.8 Å². The molecule has 5 unspecified atom stereocenters. The highest BCUT2D eigenvalue weighted by Gasteiger charge is 2.50. The maximum absolute atomic E-state index is 11.6. The molecule has 1 rings (SSSR count). The van der Waals surface area contributed by atoms with Crippen LogP contribution in [0.4, 0.5) is 0 Å². The number of nitrogens with zero attached hydrogens (tertiary/aromatic N) is 6. The standard InChI is InChI=1S/C9H16N6O8S2/c1-20-9-8(23-25(3,18)19)7(22-24(2,16)17)6(13-15-11)5(21-9)4-12-14-10/h5-9H,4H2,1-3H3. The monoisotopic (exact) mass is 400 g/mol. The summed E-state index contributed by atoms with van der Waals surface area (Å²) in [6.07, 6.45) is -4.28. The molecule has 1 aliphatic heterocycles. The number of hydrogen-bond acceptors (Lipinski definition) is 10. The second-order valence-electron chi connectivity index (χ2n) is 4.92. The van der Waals surface area contributed by atoms with Crippen LogP contribution in [0.15, 0.2) is 10.2 Å². The molecule has 0 aromatic carbocycles. The van der Waals surface area contributed by atoms with Crippen LogP contribution >= 0.6 is 0 Å². The Bertz CT molecular complexity index is 772. The molecule has 0 bridgehead atoms. The predicted molar refractivity (Wildman–Crippen MR) is 82.1 cm³/mol. The maximum Gasteiger partial charge on any atom is 0.264 e. The molecular weight excluding hydrogens is 384 g/mol. The predicted octanol–water partition coefficient (Wildman–Crippen LogP) is 0.0365. The zero-order chi connectivity index (χ0) is 19.3. The normalized spacial score (nSPS) is 30.1. The van der Waals surface area contributed by atoms with Gasteiger partial charge in [0, 0.05) is 16.9 Å². The molecule has 0 aromatic heterocycles. The molecule has 14 nitrogen and oxygen atoms in total. The van der Waals surface area contributed by atoms with Gasteiger partial charge in [-0.15, -0.1) is 0 Å². The van der Waals surface area contributed by atoms with Crippen LogP contribution in [0.5, 0.6) is 0 Å². The van der Waals surface area contributed by atoms with Crippen LogP contribution in [-0.2, 0) is 38.1 Å². The third kappa shape index (κ3) is 6.64. The first kappa shape index (κ1) is 21.4. The highest BCUT2D eigenvalue weighted by atomic mass is 32.2. The van der Waals surface area contributed by atoms with Crippen LogP contribution in [0.1, 0.15) is 0 Å². The highest BCUT2D eigenvalue weighted by Crippen LogP contribution is 2.30. The second-order valence-corrected chi connectivity index (χ2v) is 8.12. The Morgan fingerprint density at radius 2 is 1.60 bits per heavy atom. The quantitative estimate of drug-likeness (QED) is 0.235. The minimum atomic E-state index is -4.11. The topological polar surface area (TPSA) is 203 Å². The third-order valence-electron chi connectivity index (χ3n) is 2.93. The first-order valence-corrected chi connectivity index (χ1v) is 10.2. The summed E-state index contributed by atoms with van der Waals surface area (Å²) in [5, 5.41) is 6.66. The molecule has 0 aliphatic carbocycles. The van der Waals surface area contributed by atoms with Crippen molar-refractivity contribution >= 4 is 20.2 Å². The van der Waals surface area contributed by atoms with E-state index in [2.05, 4.69) is 20.1 Å². The van der Waals surface area contributed by atoms with Gasteiger partial charge in [0.05, 0.1) is 31.2 Å². The van der Waals surface area contributed by atoms with E-state index in [9.17, 15) is 16.8 Å². The lowest BCUT2D eigenvalue weighted by atomic mass is 9.97. The lowest BCUT2D eigenvalue weighted by molar-refractivity contribution is -0.249. The van der Waals surface area contributed by atoms with Crippen LogP contribution < -0.4 is 0 Å². The molecule has 1 fully saturated rings. The fourth-order valence-corrected chi connectivity index (χ4v) is 3.39. The first-order chi connectivity index (χ1) is 11.5. The van der Waals surface area contributed by atoms with E-state index in [0.29, 0.717) is 0 Å². The third-order valence-corrected chi connectivity index (χ3v) is 4.08. The van der Waals surface area contributed by atoms with E-state index in [1.165, 1.54) is 0 Å². The lowest BCUT2D eigenvalue weighted by Gasteiger charge is -2.42. The van der Waals surface area contributed by atoms with Crippen LogP contribution in [0.25, 0.3) is 20.9 Å². The highest BCUT2D eigenvalue weighted by molar-refractivity contribution is 7.86. The van der Waals surface area contributed by atoms with Gasteiger partial charge in [-0.1, -0.05) is 10.2 Å². The Morgan fingerprint density at radius 1 is 1.04 bits per heavy atom. The second kappa shape index (κ2) is 8.64. The zero-order valence-electron chi connectivity index (χ0n) is 13.4. The molecule has 1 heterocycles. The Morgan fingerprint density at radius 3 is 2.04 bits per heavy atom. The number of methoxy groups -OCH3 is 1. The minimum absolute atomic E-state index is 0.352. The van der Waals surface area contributed by atoms with Gasteiger partial charge in [-0.3, -0.25) is 8.37 Å². The number of ether oxygens (including phenoxy) is 2. The Balaban J connectivity index is 3.40. The van der Waals surface area contributed by atoms with E-state index >= 15 is 0 Å². The summed E-state index contributed by atoms with van der Waals surface area (Å²) in [6, 6.07) is -1.37. The molecule has 0 aromatic rings. The van der Waals surface area contributed by atoms with E-state index in [1.807, 2.05) is 0 Å². The fourth-order valence-electron chi connectivity index (χ4n) is 2.16. The van der Waals surface area contributed by atoms with Gasteiger partial charge in [0.1, 0.15) is 6.10 Å². The van der Waals surface area contributed by atoms with Crippen molar-refractivity contribution in [1.82, 2.24) is 0 Å². The SMILES string of the molecule is COC1OC(CN=[N+]=[N-])C(N=[N+]=[N-])C(OS(C)(=O)=O)C1OS(C)(=O)=O. The van der Waals surface area contributed by atoms with Crippen LogP contribution in [0, 0.1) is 0 Å². The lowest BCUT2D eigenvalue weighted by Crippen LogP contribution is -2.60. The van der Waals surface area contributed by atoms with Gasteiger partial charge in [0.2, 0.25) is 0 Å². The van der Waals surface area contributed by atoms with Gasteiger partial charge in [0.15, 0.2) is 12.4 Å². The van der Waals surface area contributed by atoms with E-state index in [0.717, 1.165) is 19.6 Å². The molecule has 0 saturated carbocycles. The van der Waals surface area contributed by atoms with Crippen molar-refractivity contribution in [2.45, 2.75) is 30.6 Å². The average Bonchev–Trinajstić information content (AvgIpc) is 2.47. The maximum atomic E-state index is 11.6. The molecule has 142 valence electrons. The molecule has 1 saturated heterocycles. The molecule has 1 aliphatic rings. The smallest absolute Gasteiger partial charge is 0.264 e. The molecule has 0 N–H and O–H groups in total. The summed E-state index contributed by atoms with van der Waals surface area (Å²) < 4.78 is 66.1. The molecule has 16 heteroatoms. The summed E-state index contributed by atoms with van der Waals surface area (Å²) in [7, 11) is -7.04. The van der Waals surface area contributed by atoms with Crippen molar-refractivity contribution in [2.75, 3.05) is 26.2 Å². The van der Waals surface area contributed by atoms with Crippen molar-refractivity contribution in [1.29, 1.82) is 0 Å². The molecule has 0 amide bonds.